The molecule has 7 heteroatoms. The van der Waals surface area contributed by atoms with E-state index in [0.29, 0.717) is 5.69 Å². The summed E-state index contributed by atoms with van der Waals surface area (Å²) in [6, 6.07) is 11.7. The Bertz CT molecular complexity index is 764. The molecule has 2 aromatic carbocycles. The molecule has 1 amide bonds. The smallest absolute Gasteiger partial charge is 0.310 e. The molecule has 0 fully saturated rings. The molecule has 0 bridgehead atoms. The highest BCUT2D eigenvalue weighted by Gasteiger charge is 2.15. The normalized spacial score (nSPS) is 10.3. The molecule has 2 aromatic rings. The van der Waals surface area contributed by atoms with E-state index in [1.54, 1.807) is 12.1 Å². The van der Waals surface area contributed by atoms with E-state index in [4.69, 9.17) is 4.74 Å². The summed E-state index contributed by atoms with van der Waals surface area (Å²) in [6.07, 6.45) is 3.23. The Kier molecular flexibility index (Phi) is 6.94. The number of ether oxygens (including phenoxy) is 1. The van der Waals surface area contributed by atoms with E-state index in [2.05, 4.69) is 28.2 Å². The van der Waals surface area contributed by atoms with Gasteiger partial charge in [-0.05, 0) is 52.5 Å². The van der Waals surface area contributed by atoms with Gasteiger partial charge in [0.1, 0.15) is 0 Å². The summed E-state index contributed by atoms with van der Waals surface area (Å²) in [4.78, 5) is 22.4. The molecule has 0 saturated heterocycles. The Hall–Kier alpha value is -2.41. The molecule has 2 rings (SSSR count). The molecular weight excluding hydrogens is 388 g/mol. The van der Waals surface area contributed by atoms with Crippen molar-refractivity contribution in [1.29, 1.82) is 0 Å². The Labute approximate surface area is 154 Å². The third-order valence-electron chi connectivity index (χ3n) is 3.55. The second-order valence-electron chi connectivity index (χ2n) is 5.48. The quantitative estimate of drug-likeness (QED) is 0.507. The van der Waals surface area contributed by atoms with Gasteiger partial charge in [0, 0.05) is 10.5 Å². The first-order chi connectivity index (χ1) is 12.0. The lowest BCUT2D eigenvalue weighted by molar-refractivity contribution is -0.385. The Morgan fingerprint density at radius 3 is 2.72 bits per heavy atom. The van der Waals surface area contributed by atoms with Crippen LogP contribution in [0.25, 0.3) is 0 Å². The number of carbonyl (C=O) groups is 1. The van der Waals surface area contributed by atoms with Crippen LogP contribution in [-0.2, 0) is 11.2 Å². The van der Waals surface area contributed by atoms with E-state index in [1.165, 1.54) is 17.7 Å². The molecule has 0 heterocycles. The zero-order valence-electron chi connectivity index (χ0n) is 13.8. The number of benzene rings is 2. The van der Waals surface area contributed by atoms with E-state index < -0.39 is 4.92 Å². The molecular formula is C18H19BrN2O4. The number of hydrogen-bond acceptors (Lipinski definition) is 4. The van der Waals surface area contributed by atoms with Gasteiger partial charge in [0.25, 0.3) is 5.91 Å². The lowest BCUT2D eigenvalue weighted by Gasteiger charge is -2.10. The summed E-state index contributed by atoms with van der Waals surface area (Å²) in [5.74, 6) is -0.322. The van der Waals surface area contributed by atoms with Crippen LogP contribution in [0.1, 0.15) is 25.3 Å². The number of nitrogens with one attached hydrogen (secondary N) is 1. The van der Waals surface area contributed by atoms with Gasteiger partial charge in [-0.15, -0.1) is 0 Å². The van der Waals surface area contributed by atoms with Crippen LogP contribution in [0.15, 0.2) is 46.9 Å². The number of nitro benzene ring substituents is 1. The van der Waals surface area contributed by atoms with Gasteiger partial charge < -0.3 is 10.1 Å². The maximum atomic E-state index is 12.0. The van der Waals surface area contributed by atoms with Crippen molar-refractivity contribution in [3.8, 4) is 5.75 Å². The van der Waals surface area contributed by atoms with E-state index >= 15 is 0 Å². The first-order valence-corrected chi connectivity index (χ1v) is 8.75. The fourth-order valence-electron chi connectivity index (χ4n) is 2.26. The van der Waals surface area contributed by atoms with Crippen molar-refractivity contribution >= 4 is 33.2 Å². The zero-order valence-corrected chi connectivity index (χ0v) is 15.4. The molecule has 0 saturated carbocycles. The van der Waals surface area contributed by atoms with Crippen molar-refractivity contribution < 1.29 is 14.5 Å². The topological polar surface area (TPSA) is 81.5 Å². The molecule has 0 aliphatic carbocycles. The molecule has 0 aliphatic rings. The summed E-state index contributed by atoms with van der Waals surface area (Å²) in [6.45, 7) is 1.83. The van der Waals surface area contributed by atoms with Crippen LogP contribution in [0.3, 0.4) is 0 Å². The predicted molar refractivity (Wildman–Crippen MR) is 100.0 cm³/mol. The summed E-state index contributed by atoms with van der Waals surface area (Å²) in [5, 5.41) is 13.7. The van der Waals surface area contributed by atoms with Gasteiger partial charge in [0.05, 0.1) is 10.6 Å². The van der Waals surface area contributed by atoms with Crippen LogP contribution in [0, 0.1) is 10.1 Å². The second-order valence-corrected chi connectivity index (χ2v) is 6.33. The first-order valence-electron chi connectivity index (χ1n) is 7.95. The van der Waals surface area contributed by atoms with E-state index in [9.17, 15) is 14.9 Å². The average molecular weight is 407 g/mol. The van der Waals surface area contributed by atoms with Crippen molar-refractivity contribution in [2.24, 2.45) is 0 Å². The van der Waals surface area contributed by atoms with Crippen LogP contribution in [0.5, 0.6) is 5.75 Å². The Morgan fingerprint density at radius 1 is 1.28 bits per heavy atom. The van der Waals surface area contributed by atoms with Crippen molar-refractivity contribution in [2.75, 3.05) is 11.9 Å². The van der Waals surface area contributed by atoms with Crippen LogP contribution >= 0.6 is 15.9 Å². The fraction of sp³-hybridized carbons (Fsp3) is 0.278. The van der Waals surface area contributed by atoms with Crippen molar-refractivity contribution in [1.82, 2.24) is 0 Å². The lowest BCUT2D eigenvalue weighted by atomic mass is 10.1. The van der Waals surface area contributed by atoms with E-state index in [-0.39, 0.29) is 24.0 Å². The number of amides is 1. The monoisotopic (exact) mass is 406 g/mol. The molecule has 6 nitrogen and oxygen atoms in total. The molecule has 0 spiro atoms. The van der Waals surface area contributed by atoms with Crippen LogP contribution in [-0.4, -0.2) is 17.4 Å². The molecule has 0 aliphatic heterocycles. The highest BCUT2D eigenvalue weighted by Crippen LogP contribution is 2.26. The van der Waals surface area contributed by atoms with Gasteiger partial charge in [-0.25, -0.2) is 0 Å². The molecule has 0 aromatic heterocycles. The van der Waals surface area contributed by atoms with E-state index in [0.717, 1.165) is 23.7 Å². The number of unbranched alkanes of at least 4 members (excludes halogenated alkanes) is 1. The number of hydrogen-bond donors (Lipinski definition) is 1. The zero-order chi connectivity index (χ0) is 18.2. The summed E-state index contributed by atoms with van der Waals surface area (Å²) in [7, 11) is 0. The van der Waals surface area contributed by atoms with Gasteiger partial charge in [-0.2, -0.15) is 0 Å². The first kappa shape index (κ1) is 18.9. The highest BCUT2D eigenvalue weighted by molar-refractivity contribution is 9.10. The predicted octanol–water partition coefficient (Wildman–Crippen LogP) is 4.72. The molecule has 1 N–H and O–H groups in total. The third-order valence-corrected chi connectivity index (χ3v) is 4.20. The highest BCUT2D eigenvalue weighted by atomic mass is 79.9. The third kappa shape index (κ3) is 5.56. The summed E-state index contributed by atoms with van der Waals surface area (Å²) < 4.78 is 6.07. The number of carbonyl (C=O) groups excluding carboxylic acids is 1. The van der Waals surface area contributed by atoms with Gasteiger partial charge in [-0.1, -0.05) is 31.5 Å². The van der Waals surface area contributed by atoms with E-state index in [1.807, 2.05) is 18.2 Å². The largest absolute Gasteiger partial charge is 0.477 e. The van der Waals surface area contributed by atoms with Crippen molar-refractivity contribution in [3.05, 3.63) is 62.6 Å². The molecule has 0 radical (unpaired) electrons. The van der Waals surface area contributed by atoms with Crippen molar-refractivity contribution in [2.45, 2.75) is 26.2 Å². The molecule has 132 valence electrons. The number of halogens is 1. The van der Waals surface area contributed by atoms with Crippen molar-refractivity contribution in [3.63, 3.8) is 0 Å². The van der Waals surface area contributed by atoms with Gasteiger partial charge in [0.2, 0.25) is 0 Å². The Balaban J connectivity index is 1.96. The number of aryl methyl sites for hydroxylation is 1. The molecule has 0 unspecified atom stereocenters. The standard InChI is InChI=1S/C18H19BrN2O4/c1-2-3-6-13-9-10-15(14(19)11-13)20-18(22)12-25-17-8-5-4-7-16(17)21(23)24/h4-5,7-11H,2-3,6,12H2,1H3,(H,20,22). The molecule has 25 heavy (non-hydrogen) atoms. The number of anilines is 1. The Morgan fingerprint density at radius 2 is 2.04 bits per heavy atom. The number of para-hydroxylation sites is 2. The number of rotatable bonds is 8. The minimum atomic E-state index is -0.543. The number of nitro groups is 1. The number of nitrogens with zero attached hydrogens (tertiary/aromatic N) is 1. The van der Waals surface area contributed by atoms with Crippen LogP contribution < -0.4 is 10.1 Å². The maximum Gasteiger partial charge on any atom is 0.310 e. The van der Waals surface area contributed by atoms with Crippen LogP contribution in [0.2, 0.25) is 0 Å². The second kappa shape index (κ2) is 9.17. The minimum absolute atomic E-state index is 0.0663. The van der Waals surface area contributed by atoms with Gasteiger partial charge in [-0.3, -0.25) is 14.9 Å². The van der Waals surface area contributed by atoms with Gasteiger partial charge in [0.15, 0.2) is 12.4 Å². The van der Waals surface area contributed by atoms with Crippen LogP contribution in [0.4, 0.5) is 11.4 Å². The maximum absolute atomic E-state index is 12.0. The minimum Gasteiger partial charge on any atom is -0.477 e. The summed E-state index contributed by atoms with van der Waals surface area (Å²) in [5.41, 5.74) is 1.66. The van der Waals surface area contributed by atoms with Gasteiger partial charge >= 0.3 is 5.69 Å². The molecule has 0 atom stereocenters. The fourth-order valence-corrected chi connectivity index (χ4v) is 2.78. The summed E-state index contributed by atoms with van der Waals surface area (Å²) >= 11 is 3.45. The average Bonchev–Trinajstić information content (AvgIpc) is 2.60. The SMILES string of the molecule is CCCCc1ccc(NC(=O)COc2ccccc2[N+](=O)[O-])c(Br)c1. The lowest BCUT2D eigenvalue weighted by Crippen LogP contribution is -2.20.